The molecular formula is C17H24BrNO2. The minimum absolute atomic E-state index is 0.116. The number of carbonyl (C=O) groups is 1. The van der Waals surface area contributed by atoms with Crippen LogP contribution in [0.3, 0.4) is 0 Å². The minimum atomic E-state index is 0.116. The average molecular weight is 354 g/mol. The molecule has 2 unspecified atom stereocenters. The Kier molecular flexibility index (Phi) is 6.71. The van der Waals surface area contributed by atoms with Gasteiger partial charge in [-0.2, -0.15) is 0 Å². The van der Waals surface area contributed by atoms with Crippen LogP contribution in [-0.2, 0) is 16.0 Å². The van der Waals surface area contributed by atoms with E-state index in [1.54, 1.807) is 0 Å². The molecule has 4 heteroatoms. The Hall–Kier alpha value is -0.870. The molecule has 1 heterocycles. The zero-order valence-electron chi connectivity index (χ0n) is 12.6. The standard InChI is InChI=1S/C17H24BrNO2/c1-13(5-6-14-7-9-15(18)10-8-14)19-17(20)12-16-4-2-3-11-21-16/h7-10,13,16H,2-6,11-12H2,1H3,(H,19,20). The monoisotopic (exact) mass is 353 g/mol. The lowest BCUT2D eigenvalue weighted by atomic mass is 10.0. The summed E-state index contributed by atoms with van der Waals surface area (Å²) in [5.41, 5.74) is 1.30. The maximum atomic E-state index is 12.0. The van der Waals surface area contributed by atoms with E-state index in [2.05, 4.69) is 52.4 Å². The molecular weight excluding hydrogens is 330 g/mol. The normalized spacial score (nSPS) is 20.0. The molecule has 116 valence electrons. The molecule has 2 atom stereocenters. The molecule has 1 fully saturated rings. The van der Waals surface area contributed by atoms with Crippen LogP contribution in [-0.4, -0.2) is 24.7 Å². The van der Waals surface area contributed by atoms with Gasteiger partial charge in [-0.05, 0) is 56.7 Å². The van der Waals surface area contributed by atoms with E-state index in [4.69, 9.17) is 4.74 Å². The van der Waals surface area contributed by atoms with Gasteiger partial charge >= 0.3 is 0 Å². The minimum Gasteiger partial charge on any atom is -0.378 e. The summed E-state index contributed by atoms with van der Waals surface area (Å²) in [6, 6.07) is 8.55. The zero-order valence-corrected chi connectivity index (χ0v) is 14.2. The van der Waals surface area contributed by atoms with Crippen molar-refractivity contribution in [3.8, 4) is 0 Å². The maximum Gasteiger partial charge on any atom is 0.222 e. The maximum absolute atomic E-state index is 12.0. The second-order valence-electron chi connectivity index (χ2n) is 5.83. The summed E-state index contributed by atoms with van der Waals surface area (Å²) in [6.45, 7) is 2.87. The Morgan fingerprint density at radius 2 is 2.14 bits per heavy atom. The number of amides is 1. The van der Waals surface area contributed by atoms with Crippen LogP contribution in [0.2, 0.25) is 0 Å². The fourth-order valence-electron chi connectivity index (χ4n) is 2.62. The van der Waals surface area contributed by atoms with Gasteiger partial charge in [0.05, 0.1) is 12.5 Å². The highest BCUT2D eigenvalue weighted by Gasteiger charge is 2.18. The molecule has 0 aliphatic carbocycles. The highest BCUT2D eigenvalue weighted by atomic mass is 79.9. The summed E-state index contributed by atoms with van der Waals surface area (Å²) in [4.78, 5) is 12.0. The first kappa shape index (κ1) is 16.5. The van der Waals surface area contributed by atoms with Crippen molar-refractivity contribution in [1.29, 1.82) is 0 Å². The van der Waals surface area contributed by atoms with Crippen molar-refractivity contribution in [2.24, 2.45) is 0 Å². The average Bonchev–Trinajstić information content (AvgIpc) is 2.47. The fourth-order valence-corrected chi connectivity index (χ4v) is 2.88. The van der Waals surface area contributed by atoms with E-state index in [0.717, 1.165) is 36.8 Å². The smallest absolute Gasteiger partial charge is 0.222 e. The van der Waals surface area contributed by atoms with Crippen molar-refractivity contribution in [2.45, 2.75) is 57.6 Å². The van der Waals surface area contributed by atoms with Gasteiger partial charge in [0.2, 0.25) is 5.91 Å². The SMILES string of the molecule is CC(CCc1ccc(Br)cc1)NC(=O)CC1CCCCO1. The van der Waals surface area contributed by atoms with E-state index in [0.29, 0.717) is 6.42 Å². The first-order valence-electron chi connectivity index (χ1n) is 7.79. The van der Waals surface area contributed by atoms with E-state index in [1.807, 2.05) is 0 Å². The Balaban J connectivity index is 1.67. The molecule has 1 aliphatic heterocycles. The summed E-state index contributed by atoms with van der Waals surface area (Å²) in [5.74, 6) is 0.116. The molecule has 1 N–H and O–H groups in total. The zero-order chi connectivity index (χ0) is 15.1. The molecule has 1 amide bonds. The number of ether oxygens (including phenoxy) is 1. The number of carbonyl (C=O) groups excluding carboxylic acids is 1. The number of aryl methyl sites for hydroxylation is 1. The van der Waals surface area contributed by atoms with E-state index in [-0.39, 0.29) is 18.1 Å². The summed E-state index contributed by atoms with van der Waals surface area (Å²) < 4.78 is 6.70. The Bertz CT molecular complexity index is 441. The van der Waals surface area contributed by atoms with E-state index < -0.39 is 0 Å². The second-order valence-corrected chi connectivity index (χ2v) is 6.74. The lowest BCUT2D eigenvalue weighted by Gasteiger charge is -2.23. The first-order chi connectivity index (χ1) is 10.1. The molecule has 1 aliphatic rings. The largest absolute Gasteiger partial charge is 0.378 e. The molecule has 0 spiro atoms. The molecule has 0 radical (unpaired) electrons. The second kappa shape index (κ2) is 8.54. The number of hydrogen-bond acceptors (Lipinski definition) is 2. The van der Waals surface area contributed by atoms with Crippen LogP contribution >= 0.6 is 15.9 Å². The molecule has 21 heavy (non-hydrogen) atoms. The van der Waals surface area contributed by atoms with Crippen LogP contribution in [0.25, 0.3) is 0 Å². The number of halogens is 1. The fraction of sp³-hybridized carbons (Fsp3) is 0.588. The number of rotatable bonds is 6. The third-order valence-electron chi connectivity index (χ3n) is 3.87. The molecule has 1 saturated heterocycles. The van der Waals surface area contributed by atoms with Gasteiger partial charge in [0.1, 0.15) is 0 Å². The Morgan fingerprint density at radius 3 is 2.81 bits per heavy atom. The Morgan fingerprint density at radius 1 is 1.38 bits per heavy atom. The van der Waals surface area contributed by atoms with Crippen LogP contribution in [0.15, 0.2) is 28.7 Å². The van der Waals surface area contributed by atoms with Gasteiger partial charge in [0.25, 0.3) is 0 Å². The summed E-state index contributed by atoms with van der Waals surface area (Å²) in [7, 11) is 0. The van der Waals surface area contributed by atoms with Gasteiger partial charge in [-0.1, -0.05) is 28.1 Å². The van der Waals surface area contributed by atoms with Gasteiger partial charge in [0, 0.05) is 17.1 Å². The van der Waals surface area contributed by atoms with Crippen LogP contribution in [0.1, 0.15) is 44.6 Å². The Labute approximate surface area is 135 Å². The van der Waals surface area contributed by atoms with Crippen LogP contribution < -0.4 is 5.32 Å². The van der Waals surface area contributed by atoms with Crippen LogP contribution in [0.5, 0.6) is 0 Å². The quantitative estimate of drug-likeness (QED) is 0.843. The number of hydrogen-bond donors (Lipinski definition) is 1. The van der Waals surface area contributed by atoms with Crippen molar-refractivity contribution in [3.63, 3.8) is 0 Å². The number of benzene rings is 1. The molecule has 1 aromatic rings. The van der Waals surface area contributed by atoms with Crippen LogP contribution in [0.4, 0.5) is 0 Å². The third kappa shape index (κ3) is 6.18. The van der Waals surface area contributed by atoms with Crippen molar-refractivity contribution in [2.75, 3.05) is 6.61 Å². The summed E-state index contributed by atoms with van der Waals surface area (Å²) in [6.07, 6.45) is 5.88. The summed E-state index contributed by atoms with van der Waals surface area (Å²) >= 11 is 3.44. The molecule has 0 aromatic heterocycles. The van der Waals surface area contributed by atoms with Gasteiger partial charge < -0.3 is 10.1 Å². The highest BCUT2D eigenvalue weighted by molar-refractivity contribution is 9.10. The van der Waals surface area contributed by atoms with E-state index in [9.17, 15) is 4.79 Å². The van der Waals surface area contributed by atoms with Crippen molar-refractivity contribution in [3.05, 3.63) is 34.3 Å². The van der Waals surface area contributed by atoms with Crippen molar-refractivity contribution in [1.82, 2.24) is 5.32 Å². The van der Waals surface area contributed by atoms with Gasteiger partial charge in [-0.25, -0.2) is 0 Å². The van der Waals surface area contributed by atoms with Crippen molar-refractivity contribution < 1.29 is 9.53 Å². The summed E-state index contributed by atoms with van der Waals surface area (Å²) in [5, 5.41) is 3.08. The predicted octanol–water partition coefficient (Wildman–Crippen LogP) is 3.85. The predicted molar refractivity (Wildman–Crippen MR) is 88.3 cm³/mol. The van der Waals surface area contributed by atoms with Crippen molar-refractivity contribution >= 4 is 21.8 Å². The lowest BCUT2D eigenvalue weighted by Crippen LogP contribution is -2.36. The van der Waals surface area contributed by atoms with E-state index >= 15 is 0 Å². The highest BCUT2D eigenvalue weighted by Crippen LogP contribution is 2.16. The lowest BCUT2D eigenvalue weighted by molar-refractivity contribution is -0.125. The first-order valence-corrected chi connectivity index (χ1v) is 8.58. The third-order valence-corrected chi connectivity index (χ3v) is 4.40. The topological polar surface area (TPSA) is 38.3 Å². The van der Waals surface area contributed by atoms with Gasteiger partial charge in [0.15, 0.2) is 0 Å². The number of nitrogens with one attached hydrogen (secondary N) is 1. The van der Waals surface area contributed by atoms with Gasteiger partial charge in [-0.3, -0.25) is 4.79 Å². The molecule has 0 bridgehead atoms. The molecule has 1 aromatic carbocycles. The van der Waals surface area contributed by atoms with E-state index in [1.165, 1.54) is 12.0 Å². The molecule has 0 saturated carbocycles. The van der Waals surface area contributed by atoms with Gasteiger partial charge in [-0.15, -0.1) is 0 Å². The molecule has 2 rings (SSSR count). The van der Waals surface area contributed by atoms with Crippen LogP contribution in [0, 0.1) is 0 Å². The molecule has 3 nitrogen and oxygen atoms in total.